The van der Waals surface area contributed by atoms with Crippen molar-refractivity contribution in [1.29, 1.82) is 0 Å². The summed E-state index contributed by atoms with van der Waals surface area (Å²) in [6.07, 6.45) is 3.30. The Morgan fingerprint density at radius 3 is 2.46 bits per heavy atom. The van der Waals surface area contributed by atoms with Crippen LogP contribution >= 0.6 is 0 Å². The average molecular weight is 356 g/mol. The SMILES string of the molecule is CCCC(CCC)S(=O)(=O)Nc1cccc(CCCNC(=O)O)c1. The number of hydrogen-bond donors (Lipinski definition) is 3. The Morgan fingerprint density at radius 1 is 1.21 bits per heavy atom. The van der Waals surface area contributed by atoms with E-state index in [1.54, 1.807) is 6.07 Å². The number of sulfonamides is 1. The minimum Gasteiger partial charge on any atom is -0.465 e. The molecule has 0 bridgehead atoms. The molecule has 0 aromatic heterocycles. The van der Waals surface area contributed by atoms with E-state index < -0.39 is 16.1 Å². The molecule has 1 rings (SSSR count). The lowest BCUT2D eigenvalue weighted by atomic mass is 10.1. The molecule has 1 amide bonds. The maximum absolute atomic E-state index is 12.5. The highest BCUT2D eigenvalue weighted by atomic mass is 32.2. The fourth-order valence-electron chi connectivity index (χ4n) is 2.62. The molecule has 1 aromatic carbocycles. The maximum Gasteiger partial charge on any atom is 0.404 e. The number of amides is 1. The standard InChI is InChI=1S/C17H28N2O4S/c1-3-7-16(8-4-2)24(22,23)19-15-11-5-9-14(13-15)10-6-12-18-17(20)21/h5,9,11,13,16,18-19H,3-4,6-8,10,12H2,1-2H3,(H,20,21). The Balaban J connectivity index is 2.69. The van der Waals surface area contributed by atoms with Gasteiger partial charge < -0.3 is 10.4 Å². The molecule has 0 heterocycles. The van der Waals surface area contributed by atoms with E-state index in [9.17, 15) is 13.2 Å². The summed E-state index contributed by atoms with van der Waals surface area (Å²) in [6, 6.07) is 7.28. The zero-order chi connectivity index (χ0) is 18.0. The molecule has 0 saturated heterocycles. The van der Waals surface area contributed by atoms with E-state index in [1.807, 2.05) is 32.0 Å². The molecule has 1 aromatic rings. The van der Waals surface area contributed by atoms with Crippen LogP contribution in [0.2, 0.25) is 0 Å². The van der Waals surface area contributed by atoms with Gasteiger partial charge in [-0.05, 0) is 43.4 Å². The first kappa shape index (κ1) is 20.3. The summed E-state index contributed by atoms with van der Waals surface area (Å²) in [6.45, 7) is 4.36. The molecule has 0 saturated carbocycles. The fourth-order valence-corrected chi connectivity index (χ4v) is 4.34. The van der Waals surface area contributed by atoms with E-state index >= 15 is 0 Å². The zero-order valence-electron chi connectivity index (χ0n) is 14.4. The minimum absolute atomic E-state index is 0.365. The van der Waals surface area contributed by atoms with E-state index in [4.69, 9.17) is 5.11 Å². The molecule has 0 aliphatic carbocycles. The van der Waals surface area contributed by atoms with Gasteiger partial charge in [-0.25, -0.2) is 13.2 Å². The fraction of sp³-hybridized carbons (Fsp3) is 0.588. The van der Waals surface area contributed by atoms with Crippen molar-refractivity contribution in [1.82, 2.24) is 5.32 Å². The van der Waals surface area contributed by atoms with Crippen molar-refractivity contribution in [2.24, 2.45) is 0 Å². The van der Waals surface area contributed by atoms with E-state index in [0.29, 0.717) is 37.9 Å². The molecule has 0 unspecified atom stereocenters. The number of benzene rings is 1. The van der Waals surface area contributed by atoms with Gasteiger partial charge >= 0.3 is 6.09 Å². The molecule has 7 heteroatoms. The molecular weight excluding hydrogens is 328 g/mol. The van der Waals surface area contributed by atoms with Crippen LogP contribution in [0.15, 0.2) is 24.3 Å². The Kier molecular flexibility index (Phi) is 8.60. The number of nitrogens with one attached hydrogen (secondary N) is 2. The van der Waals surface area contributed by atoms with Crippen molar-refractivity contribution < 1.29 is 18.3 Å². The lowest BCUT2D eigenvalue weighted by Crippen LogP contribution is -2.27. The molecule has 0 fully saturated rings. The van der Waals surface area contributed by atoms with Crippen LogP contribution in [0.3, 0.4) is 0 Å². The van der Waals surface area contributed by atoms with E-state index in [-0.39, 0.29) is 5.25 Å². The van der Waals surface area contributed by atoms with Gasteiger partial charge in [0.1, 0.15) is 0 Å². The van der Waals surface area contributed by atoms with Gasteiger partial charge in [0.2, 0.25) is 10.0 Å². The third kappa shape index (κ3) is 7.21. The Morgan fingerprint density at radius 2 is 1.88 bits per heavy atom. The number of rotatable bonds is 11. The molecular formula is C17H28N2O4S. The largest absolute Gasteiger partial charge is 0.465 e. The summed E-state index contributed by atoms with van der Waals surface area (Å²) in [5, 5.41) is 10.5. The molecule has 0 spiro atoms. The first-order valence-electron chi connectivity index (χ1n) is 8.46. The molecule has 6 nitrogen and oxygen atoms in total. The Labute approximate surface area is 144 Å². The predicted octanol–water partition coefficient (Wildman–Crippen LogP) is 3.60. The molecule has 0 radical (unpaired) electrons. The van der Waals surface area contributed by atoms with Crippen molar-refractivity contribution in [3.8, 4) is 0 Å². The van der Waals surface area contributed by atoms with Crippen molar-refractivity contribution >= 4 is 21.8 Å². The Bertz CT molecular complexity index is 611. The van der Waals surface area contributed by atoms with Gasteiger partial charge in [0, 0.05) is 12.2 Å². The second-order valence-electron chi connectivity index (χ2n) is 5.88. The van der Waals surface area contributed by atoms with Crippen LogP contribution in [-0.4, -0.2) is 31.4 Å². The van der Waals surface area contributed by atoms with Gasteiger partial charge in [0.15, 0.2) is 0 Å². The first-order valence-corrected chi connectivity index (χ1v) is 10.0. The topological polar surface area (TPSA) is 95.5 Å². The third-order valence-electron chi connectivity index (χ3n) is 3.77. The lowest BCUT2D eigenvalue weighted by molar-refractivity contribution is 0.194. The monoisotopic (exact) mass is 356 g/mol. The zero-order valence-corrected chi connectivity index (χ0v) is 15.2. The molecule has 3 N–H and O–H groups in total. The number of hydrogen-bond acceptors (Lipinski definition) is 3. The predicted molar refractivity (Wildman–Crippen MR) is 96.9 cm³/mol. The highest BCUT2D eigenvalue weighted by Gasteiger charge is 2.23. The smallest absolute Gasteiger partial charge is 0.404 e. The van der Waals surface area contributed by atoms with Gasteiger partial charge in [-0.2, -0.15) is 0 Å². The lowest BCUT2D eigenvalue weighted by Gasteiger charge is -2.18. The summed E-state index contributed by atoms with van der Waals surface area (Å²) in [5.41, 5.74) is 1.54. The highest BCUT2D eigenvalue weighted by molar-refractivity contribution is 7.93. The van der Waals surface area contributed by atoms with Crippen LogP contribution in [0.1, 0.15) is 51.5 Å². The number of aryl methyl sites for hydroxylation is 1. The average Bonchev–Trinajstić information content (AvgIpc) is 2.51. The van der Waals surface area contributed by atoms with Crippen molar-refractivity contribution in [3.63, 3.8) is 0 Å². The van der Waals surface area contributed by atoms with Gasteiger partial charge in [-0.1, -0.05) is 38.8 Å². The summed E-state index contributed by atoms with van der Waals surface area (Å²) < 4.78 is 27.8. The number of carbonyl (C=O) groups is 1. The van der Waals surface area contributed by atoms with Crippen LogP contribution in [0.5, 0.6) is 0 Å². The van der Waals surface area contributed by atoms with Crippen LogP contribution in [0.4, 0.5) is 10.5 Å². The highest BCUT2D eigenvalue weighted by Crippen LogP contribution is 2.20. The number of anilines is 1. The van der Waals surface area contributed by atoms with Crippen molar-refractivity contribution in [2.45, 2.75) is 57.6 Å². The van der Waals surface area contributed by atoms with Crippen LogP contribution in [-0.2, 0) is 16.4 Å². The molecule has 0 aliphatic rings. The number of carboxylic acid groups (broad SMARTS) is 1. The maximum atomic E-state index is 12.5. The van der Waals surface area contributed by atoms with Crippen LogP contribution < -0.4 is 10.0 Å². The normalized spacial score (nSPS) is 11.5. The Hall–Kier alpha value is -1.76. The summed E-state index contributed by atoms with van der Waals surface area (Å²) in [7, 11) is -3.39. The van der Waals surface area contributed by atoms with Gasteiger partial charge in [-0.3, -0.25) is 4.72 Å². The van der Waals surface area contributed by atoms with Crippen molar-refractivity contribution in [2.75, 3.05) is 11.3 Å². The molecule has 136 valence electrons. The second kappa shape index (κ2) is 10.2. The second-order valence-corrected chi connectivity index (χ2v) is 7.84. The molecule has 24 heavy (non-hydrogen) atoms. The van der Waals surface area contributed by atoms with Gasteiger partial charge in [0.25, 0.3) is 0 Å². The first-order chi connectivity index (χ1) is 11.4. The van der Waals surface area contributed by atoms with Gasteiger partial charge in [-0.15, -0.1) is 0 Å². The van der Waals surface area contributed by atoms with Crippen molar-refractivity contribution in [3.05, 3.63) is 29.8 Å². The van der Waals surface area contributed by atoms with E-state index in [0.717, 1.165) is 18.4 Å². The summed E-state index contributed by atoms with van der Waals surface area (Å²) >= 11 is 0. The third-order valence-corrected chi connectivity index (χ3v) is 5.63. The molecule has 0 aliphatic heterocycles. The van der Waals surface area contributed by atoms with Gasteiger partial charge in [0.05, 0.1) is 5.25 Å². The minimum atomic E-state index is -3.39. The molecule has 0 atom stereocenters. The quantitative estimate of drug-likeness (QED) is 0.528. The summed E-state index contributed by atoms with van der Waals surface area (Å²) in [4.78, 5) is 10.4. The summed E-state index contributed by atoms with van der Waals surface area (Å²) in [5.74, 6) is 0. The van der Waals surface area contributed by atoms with E-state index in [2.05, 4.69) is 10.0 Å². The van der Waals surface area contributed by atoms with Crippen LogP contribution in [0, 0.1) is 0 Å². The van der Waals surface area contributed by atoms with E-state index in [1.165, 1.54) is 0 Å². The van der Waals surface area contributed by atoms with Crippen LogP contribution in [0.25, 0.3) is 0 Å².